The SMILES string of the molecule is COC(=O)c1ccc(COc2ccccc2)cc1I. The van der Waals surface area contributed by atoms with Crippen LogP contribution in [0.25, 0.3) is 0 Å². The van der Waals surface area contributed by atoms with Crippen molar-refractivity contribution in [1.29, 1.82) is 0 Å². The maximum Gasteiger partial charge on any atom is 0.338 e. The van der Waals surface area contributed by atoms with Gasteiger partial charge in [-0.15, -0.1) is 0 Å². The number of methoxy groups -OCH3 is 1. The van der Waals surface area contributed by atoms with Crippen LogP contribution in [0.15, 0.2) is 48.5 Å². The predicted octanol–water partition coefficient (Wildman–Crippen LogP) is 3.66. The van der Waals surface area contributed by atoms with Crippen LogP contribution in [0.2, 0.25) is 0 Å². The van der Waals surface area contributed by atoms with E-state index in [0.717, 1.165) is 14.9 Å². The Morgan fingerprint density at radius 3 is 2.53 bits per heavy atom. The molecular formula is C15H13IO3. The molecule has 3 nitrogen and oxygen atoms in total. The summed E-state index contributed by atoms with van der Waals surface area (Å²) in [6.07, 6.45) is 0. The Labute approximate surface area is 125 Å². The lowest BCUT2D eigenvalue weighted by molar-refractivity contribution is 0.0599. The Balaban J connectivity index is 2.06. The van der Waals surface area contributed by atoms with Crippen LogP contribution >= 0.6 is 22.6 Å². The number of ether oxygens (including phenoxy) is 2. The van der Waals surface area contributed by atoms with Crippen molar-refractivity contribution >= 4 is 28.6 Å². The average Bonchev–Trinajstić information content (AvgIpc) is 2.45. The van der Waals surface area contributed by atoms with Gasteiger partial charge in [0.15, 0.2) is 0 Å². The van der Waals surface area contributed by atoms with E-state index in [9.17, 15) is 4.79 Å². The zero-order valence-electron chi connectivity index (χ0n) is 10.4. The smallest absolute Gasteiger partial charge is 0.338 e. The van der Waals surface area contributed by atoms with Gasteiger partial charge >= 0.3 is 5.97 Å². The van der Waals surface area contributed by atoms with Gasteiger partial charge in [0, 0.05) is 3.57 Å². The Morgan fingerprint density at radius 2 is 1.89 bits per heavy atom. The number of rotatable bonds is 4. The van der Waals surface area contributed by atoms with Crippen LogP contribution in [0.3, 0.4) is 0 Å². The van der Waals surface area contributed by atoms with Crippen LogP contribution in [-0.4, -0.2) is 13.1 Å². The van der Waals surface area contributed by atoms with E-state index < -0.39 is 0 Å². The molecule has 0 saturated carbocycles. The number of carbonyl (C=O) groups excluding carboxylic acids is 1. The van der Waals surface area contributed by atoms with Crippen molar-refractivity contribution in [2.45, 2.75) is 6.61 Å². The van der Waals surface area contributed by atoms with Crippen LogP contribution in [0.5, 0.6) is 5.75 Å². The highest BCUT2D eigenvalue weighted by atomic mass is 127. The van der Waals surface area contributed by atoms with E-state index in [2.05, 4.69) is 22.6 Å². The van der Waals surface area contributed by atoms with E-state index in [1.165, 1.54) is 7.11 Å². The van der Waals surface area contributed by atoms with Gasteiger partial charge in [0.05, 0.1) is 12.7 Å². The summed E-state index contributed by atoms with van der Waals surface area (Å²) in [4.78, 5) is 11.5. The molecule has 19 heavy (non-hydrogen) atoms. The zero-order valence-corrected chi connectivity index (χ0v) is 12.6. The molecule has 0 fully saturated rings. The molecule has 0 aliphatic carbocycles. The van der Waals surface area contributed by atoms with Crippen LogP contribution in [0, 0.1) is 3.57 Å². The number of hydrogen-bond acceptors (Lipinski definition) is 3. The molecule has 2 aromatic carbocycles. The van der Waals surface area contributed by atoms with Crippen LogP contribution in [0.4, 0.5) is 0 Å². The minimum atomic E-state index is -0.320. The van der Waals surface area contributed by atoms with E-state index in [4.69, 9.17) is 9.47 Å². The highest BCUT2D eigenvalue weighted by molar-refractivity contribution is 14.1. The van der Waals surface area contributed by atoms with Gasteiger partial charge < -0.3 is 9.47 Å². The predicted molar refractivity (Wildman–Crippen MR) is 81.3 cm³/mol. The lowest BCUT2D eigenvalue weighted by Crippen LogP contribution is -2.05. The lowest BCUT2D eigenvalue weighted by Gasteiger charge is -2.08. The molecule has 4 heteroatoms. The van der Waals surface area contributed by atoms with Crippen LogP contribution in [-0.2, 0) is 11.3 Å². The average molecular weight is 368 g/mol. The second-order valence-corrected chi connectivity index (χ2v) is 5.07. The molecule has 0 bridgehead atoms. The van der Waals surface area contributed by atoms with Gasteiger partial charge in [0.1, 0.15) is 12.4 Å². The fraction of sp³-hybridized carbons (Fsp3) is 0.133. The summed E-state index contributed by atoms with van der Waals surface area (Å²) in [6, 6.07) is 15.2. The molecule has 0 aliphatic rings. The first-order chi connectivity index (χ1) is 9.20. The summed E-state index contributed by atoms with van der Waals surface area (Å²) in [6.45, 7) is 0.474. The van der Waals surface area contributed by atoms with E-state index in [1.807, 2.05) is 42.5 Å². The summed E-state index contributed by atoms with van der Waals surface area (Å²) in [7, 11) is 1.38. The minimum Gasteiger partial charge on any atom is -0.489 e. The lowest BCUT2D eigenvalue weighted by atomic mass is 10.1. The highest BCUT2D eigenvalue weighted by Gasteiger charge is 2.10. The maximum atomic E-state index is 11.5. The third-order valence-corrected chi connectivity index (χ3v) is 3.48. The van der Waals surface area contributed by atoms with E-state index >= 15 is 0 Å². The van der Waals surface area contributed by atoms with E-state index in [0.29, 0.717) is 12.2 Å². The molecule has 98 valence electrons. The monoisotopic (exact) mass is 368 g/mol. The number of carbonyl (C=O) groups is 1. The van der Waals surface area contributed by atoms with Crippen molar-refractivity contribution in [2.75, 3.05) is 7.11 Å². The molecule has 0 radical (unpaired) electrons. The van der Waals surface area contributed by atoms with Crippen LogP contribution < -0.4 is 4.74 Å². The summed E-state index contributed by atoms with van der Waals surface area (Å²) in [5, 5.41) is 0. The van der Waals surface area contributed by atoms with E-state index in [1.54, 1.807) is 6.07 Å². The summed E-state index contributed by atoms with van der Waals surface area (Å²) in [5.41, 5.74) is 1.59. The molecule has 0 atom stereocenters. The van der Waals surface area contributed by atoms with Crippen molar-refractivity contribution in [3.63, 3.8) is 0 Å². The Kier molecular flexibility index (Phi) is 4.79. The van der Waals surface area contributed by atoms with Gasteiger partial charge in [-0.2, -0.15) is 0 Å². The third kappa shape index (κ3) is 3.70. The number of halogens is 1. The Bertz CT molecular complexity index is 567. The Hall–Kier alpha value is -1.56. The first-order valence-corrected chi connectivity index (χ1v) is 6.83. The molecule has 0 amide bonds. The first-order valence-electron chi connectivity index (χ1n) is 5.75. The zero-order chi connectivity index (χ0) is 13.7. The molecule has 2 rings (SSSR count). The number of benzene rings is 2. The minimum absolute atomic E-state index is 0.320. The Morgan fingerprint density at radius 1 is 1.16 bits per heavy atom. The summed E-state index contributed by atoms with van der Waals surface area (Å²) < 4.78 is 11.2. The van der Waals surface area contributed by atoms with Gasteiger partial charge in [-0.25, -0.2) is 4.79 Å². The molecule has 0 N–H and O–H groups in total. The van der Waals surface area contributed by atoms with Crippen molar-refractivity contribution < 1.29 is 14.3 Å². The number of para-hydroxylation sites is 1. The molecule has 0 spiro atoms. The molecule has 0 aromatic heterocycles. The fourth-order valence-corrected chi connectivity index (χ4v) is 2.41. The van der Waals surface area contributed by atoms with Gasteiger partial charge in [-0.3, -0.25) is 0 Å². The quantitative estimate of drug-likeness (QED) is 0.611. The first kappa shape index (κ1) is 13.9. The van der Waals surface area contributed by atoms with Crippen LogP contribution in [0.1, 0.15) is 15.9 Å². The fourth-order valence-electron chi connectivity index (χ4n) is 1.61. The highest BCUT2D eigenvalue weighted by Crippen LogP contribution is 2.17. The summed E-state index contributed by atoms with van der Waals surface area (Å²) in [5.74, 6) is 0.509. The van der Waals surface area contributed by atoms with Crippen molar-refractivity contribution in [1.82, 2.24) is 0 Å². The standard InChI is InChI=1S/C15H13IO3/c1-18-15(17)13-8-7-11(9-14(13)16)10-19-12-5-3-2-4-6-12/h2-9H,10H2,1H3. The number of esters is 1. The molecule has 0 unspecified atom stereocenters. The van der Waals surface area contributed by atoms with Gasteiger partial charge in [-0.1, -0.05) is 24.3 Å². The largest absolute Gasteiger partial charge is 0.489 e. The van der Waals surface area contributed by atoms with Gasteiger partial charge in [0.2, 0.25) is 0 Å². The topological polar surface area (TPSA) is 35.5 Å². The molecule has 2 aromatic rings. The summed E-state index contributed by atoms with van der Waals surface area (Å²) >= 11 is 2.12. The van der Waals surface area contributed by atoms with Crippen molar-refractivity contribution in [2.24, 2.45) is 0 Å². The second-order valence-electron chi connectivity index (χ2n) is 3.91. The normalized spacial score (nSPS) is 10.0. The molecule has 0 aliphatic heterocycles. The van der Waals surface area contributed by atoms with Gasteiger partial charge in [-0.05, 0) is 52.4 Å². The number of hydrogen-bond donors (Lipinski definition) is 0. The molecule has 0 saturated heterocycles. The maximum absolute atomic E-state index is 11.5. The van der Waals surface area contributed by atoms with Crippen molar-refractivity contribution in [3.8, 4) is 5.75 Å². The van der Waals surface area contributed by atoms with E-state index in [-0.39, 0.29) is 5.97 Å². The second kappa shape index (κ2) is 6.56. The van der Waals surface area contributed by atoms with Gasteiger partial charge in [0.25, 0.3) is 0 Å². The van der Waals surface area contributed by atoms with Crippen molar-refractivity contribution in [3.05, 3.63) is 63.2 Å². The molecular weight excluding hydrogens is 355 g/mol. The molecule has 0 heterocycles. The third-order valence-electron chi connectivity index (χ3n) is 2.59.